The van der Waals surface area contributed by atoms with Gasteiger partial charge in [-0.15, -0.1) is 0 Å². The van der Waals surface area contributed by atoms with Crippen molar-refractivity contribution in [2.75, 3.05) is 24.1 Å². The number of aryl methyl sites for hydroxylation is 1. The van der Waals surface area contributed by atoms with Crippen LogP contribution in [0.15, 0.2) is 70.8 Å². The van der Waals surface area contributed by atoms with Gasteiger partial charge in [-0.2, -0.15) is 4.99 Å². The summed E-state index contributed by atoms with van der Waals surface area (Å²) in [4.78, 5) is 23.3. The van der Waals surface area contributed by atoms with Gasteiger partial charge in [-0.25, -0.2) is 4.99 Å². The number of para-hydroxylation sites is 2. The molecule has 0 saturated carbocycles. The Hall–Kier alpha value is -3.81. The Bertz CT molecular complexity index is 1000. The van der Waals surface area contributed by atoms with Crippen LogP contribution in [0.1, 0.15) is 41.6 Å². The van der Waals surface area contributed by atoms with Crippen LogP contribution >= 0.6 is 0 Å². The maximum Gasteiger partial charge on any atom is 0.255 e. The Morgan fingerprint density at radius 1 is 1.00 bits per heavy atom. The van der Waals surface area contributed by atoms with Crippen LogP contribution < -0.4 is 22.5 Å². The molecular weight excluding hydrogens is 402 g/mol. The monoisotopic (exact) mass is 433 g/mol. The van der Waals surface area contributed by atoms with Gasteiger partial charge in [0, 0.05) is 24.4 Å². The Morgan fingerprint density at radius 2 is 1.69 bits per heavy atom. The van der Waals surface area contributed by atoms with Crippen molar-refractivity contribution in [2.45, 2.75) is 32.1 Å². The lowest BCUT2D eigenvalue weighted by Gasteiger charge is -2.27. The predicted octanol–water partition coefficient (Wildman–Crippen LogP) is 3.08. The van der Waals surface area contributed by atoms with Crippen LogP contribution in [0.3, 0.4) is 0 Å². The number of nitrogen functional groups attached to an aromatic ring is 1. The predicted molar refractivity (Wildman–Crippen MR) is 131 cm³/mol. The van der Waals surface area contributed by atoms with Gasteiger partial charge in [0.25, 0.3) is 5.91 Å². The van der Waals surface area contributed by atoms with Crippen LogP contribution in [0.4, 0.5) is 11.4 Å². The number of hydrogen-bond acceptors (Lipinski definition) is 3. The highest BCUT2D eigenvalue weighted by Crippen LogP contribution is 2.19. The number of benzene rings is 2. The molecule has 0 radical (unpaired) electrons. The molecule has 1 heterocycles. The van der Waals surface area contributed by atoms with Crippen LogP contribution in [0.5, 0.6) is 0 Å². The molecule has 0 atom stereocenters. The zero-order valence-corrected chi connectivity index (χ0v) is 18.3. The molecule has 8 nitrogen and oxygen atoms in total. The molecule has 2 aromatic carbocycles. The average Bonchev–Trinajstić information content (AvgIpc) is 2.79. The molecule has 1 amide bonds. The van der Waals surface area contributed by atoms with E-state index in [1.165, 1.54) is 6.42 Å². The van der Waals surface area contributed by atoms with E-state index in [0.717, 1.165) is 37.9 Å². The van der Waals surface area contributed by atoms with E-state index in [1.54, 1.807) is 24.3 Å². The number of guanidine groups is 2. The largest absolute Gasteiger partial charge is 0.397 e. The minimum atomic E-state index is -0.202. The van der Waals surface area contributed by atoms with Gasteiger partial charge in [0.2, 0.25) is 5.96 Å². The van der Waals surface area contributed by atoms with Crippen molar-refractivity contribution in [1.29, 1.82) is 0 Å². The van der Waals surface area contributed by atoms with Crippen LogP contribution in [0.2, 0.25) is 0 Å². The molecule has 0 bridgehead atoms. The number of anilines is 2. The lowest BCUT2D eigenvalue weighted by Crippen LogP contribution is -2.37. The van der Waals surface area contributed by atoms with E-state index < -0.39 is 0 Å². The highest BCUT2D eigenvalue weighted by molar-refractivity contribution is 6.05. The molecule has 7 N–H and O–H groups in total. The van der Waals surface area contributed by atoms with Crippen LogP contribution in [-0.4, -0.2) is 35.8 Å². The highest BCUT2D eigenvalue weighted by Gasteiger charge is 2.15. The molecule has 0 aliphatic carbocycles. The average molecular weight is 434 g/mol. The van der Waals surface area contributed by atoms with Crippen LogP contribution in [0.25, 0.3) is 0 Å². The maximum absolute atomic E-state index is 12.5. The fourth-order valence-electron chi connectivity index (χ4n) is 3.49. The van der Waals surface area contributed by atoms with Crippen molar-refractivity contribution < 1.29 is 4.79 Å². The van der Waals surface area contributed by atoms with Crippen molar-refractivity contribution in [3.63, 3.8) is 0 Å². The summed E-state index contributed by atoms with van der Waals surface area (Å²) in [5, 5.41) is 2.83. The quantitative estimate of drug-likeness (QED) is 0.315. The highest BCUT2D eigenvalue weighted by atomic mass is 16.1. The summed E-state index contributed by atoms with van der Waals surface area (Å²) < 4.78 is 0. The van der Waals surface area contributed by atoms with Crippen molar-refractivity contribution >= 4 is 29.2 Å². The molecule has 1 saturated heterocycles. The number of nitrogens with two attached hydrogens (primary N) is 3. The minimum absolute atomic E-state index is 0.00625. The summed E-state index contributed by atoms with van der Waals surface area (Å²) in [7, 11) is 0. The Kier molecular flexibility index (Phi) is 7.85. The van der Waals surface area contributed by atoms with E-state index in [4.69, 9.17) is 17.2 Å². The molecule has 32 heavy (non-hydrogen) atoms. The summed E-state index contributed by atoms with van der Waals surface area (Å²) in [6.45, 7) is 5.85. The number of amides is 1. The zero-order chi connectivity index (χ0) is 22.9. The minimum Gasteiger partial charge on any atom is -0.397 e. The molecule has 1 aliphatic heterocycles. The van der Waals surface area contributed by atoms with Gasteiger partial charge in [-0.05, 0) is 61.9 Å². The first-order valence-corrected chi connectivity index (χ1v) is 10.8. The van der Waals surface area contributed by atoms with Crippen molar-refractivity contribution in [3.8, 4) is 0 Å². The Morgan fingerprint density at radius 3 is 2.34 bits per heavy atom. The van der Waals surface area contributed by atoms with Crippen LogP contribution in [0, 0.1) is 0 Å². The number of piperidine rings is 1. The second kappa shape index (κ2) is 11.0. The number of carbonyl (C=O) groups excluding carboxylic acids is 1. The van der Waals surface area contributed by atoms with Crippen molar-refractivity contribution in [2.24, 2.45) is 21.5 Å². The molecule has 8 heteroatoms. The van der Waals surface area contributed by atoms with E-state index in [0.29, 0.717) is 35.0 Å². The van der Waals surface area contributed by atoms with Crippen LogP contribution in [-0.2, 0) is 6.42 Å². The molecule has 0 unspecified atom stereocenters. The van der Waals surface area contributed by atoms with E-state index >= 15 is 0 Å². The Labute approximate surface area is 188 Å². The third kappa shape index (κ3) is 6.60. The van der Waals surface area contributed by atoms with Gasteiger partial charge in [-0.1, -0.05) is 30.8 Å². The fourth-order valence-corrected chi connectivity index (χ4v) is 3.49. The van der Waals surface area contributed by atoms with Crippen molar-refractivity contribution in [3.05, 3.63) is 71.9 Å². The number of rotatable bonds is 6. The van der Waals surface area contributed by atoms with Gasteiger partial charge in [0.15, 0.2) is 5.96 Å². The summed E-state index contributed by atoms with van der Waals surface area (Å²) >= 11 is 0. The first-order chi connectivity index (χ1) is 15.4. The van der Waals surface area contributed by atoms with Gasteiger partial charge in [0.1, 0.15) is 0 Å². The zero-order valence-electron chi connectivity index (χ0n) is 18.3. The van der Waals surface area contributed by atoms with Crippen molar-refractivity contribution in [1.82, 2.24) is 4.90 Å². The van der Waals surface area contributed by atoms with E-state index in [1.807, 2.05) is 24.3 Å². The summed E-state index contributed by atoms with van der Waals surface area (Å²) in [6, 6.07) is 14.6. The summed E-state index contributed by atoms with van der Waals surface area (Å²) in [6.07, 6.45) is 4.80. The normalized spacial score (nSPS) is 14.0. The van der Waals surface area contributed by atoms with E-state index in [2.05, 4.69) is 26.8 Å². The molecular formula is C24H31N7O. The number of hydrogen-bond donors (Lipinski definition) is 4. The number of carbonyl (C=O) groups is 1. The second-order valence-corrected chi connectivity index (χ2v) is 7.80. The third-order valence-electron chi connectivity index (χ3n) is 5.25. The lowest BCUT2D eigenvalue weighted by molar-refractivity contribution is 0.102. The number of nitrogens with zero attached hydrogens (tertiary/aromatic N) is 3. The number of likely N-dealkylation sites (tertiary alicyclic amines) is 1. The smallest absolute Gasteiger partial charge is 0.255 e. The summed E-state index contributed by atoms with van der Waals surface area (Å²) in [5.41, 5.74) is 20.5. The maximum atomic E-state index is 12.5. The van der Waals surface area contributed by atoms with Gasteiger partial charge in [-0.3, -0.25) is 4.79 Å². The van der Waals surface area contributed by atoms with Gasteiger partial charge in [0.05, 0.1) is 11.4 Å². The summed E-state index contributed by atoms with van der Waals surface area (Å²) in [5.74, 6) is 0.321. The van der Waals surface area contributed by atoms with Gasteiger partial charge < -0.3 is 27.4 Å². The SMILES string of the molecule is C=C(CCc1ccc(C(=O)Nc2ccccc2N)cc1)N=C(N=C(N)N)N1CCCCC1. The molecule has 2 aromatic rings. The standard InChI is InChI=1S/C24H31N7O/c1-17(28-24(30-23(26)27)31-15-5-2-6-16-31)9-10-18-11-13-19(14-12-18)22(32)29-21-8-4-3-7-20(21)25/h3-4,7-8,11-14H,1-2,5-6,9-10,15-16,25H2,(H,29,32)(H4,26,27,28,30). The molecule has 0 spiro atoms. The third-order valence-corrected chi connectivity index (χ3v) is 5.25. The molecule has 1 aliphatic rings. The Balaban J connectivity index is 1.58. The topological polar surface area (TPSA) is 135 Å². The fraction of sp³-hybridized carbons (Fsp3) is 0.292. The molecule has 1 fully saturated rings. The number of aliphatic imine (C=N–C) groups is 2. The number of nitrogens with one attached hydrogen (secondary N) is 1. The first-order valence-electron chi connectivity index (χ1n) is 10.8. The molecule has 168 valence electrons. The lowest BCUT2D eigenvalue weighted by atomic mass is 10.1. The molecule has 0 aromatic heterocycles. The number of allylic oxidation sites excluding steroid dienone is 1. The second-order valence-electron chi connectivity index (χ2n) is 7.80. The van der Waals surface area contributed by atoms with Gasteiger partial charge >= 0.3 is 0 Å². The molecule has 3 rings (SSSR count). The van der Waals surface area contributed by atoms with E-state index in [9.17, 15) is 4.79 Å². The first kappa shape index (κ1) is 22.9. The van der Waals surface area contributed by atoms with E-state index in [-0.39, 0.29) is 11.9 Å².